The number of nitrogens with zero attached hydrogens (tertiary/aromatic N) is 4. The van der Waals surface area contributed by atoms with Crippen LogP contribution in [0.3, 0.4) is 0 Å². The Morgan fingerprint density at radius 2 is 1.97 bits per heavy atom. The molecule has 3 aromatic rings. The zero-order valence-corrected chi connectivity index (χ0v) is 18.5. The van der Waals surface area contributed by atoms with Crippen LogP contribution in [0, 0.1) is 0 Å². The summed E-state index contributed by atoms with van der Waals surface area (Å²) in [7, 11) is 1.80. The average molecular weight is 475 g/mol. The lowest BCUT2D eigenvalue weighted by Crippen LogP contribution is -2.17. The van der Waals surface area contributed by atoms with Gasteiger partial charge in [-0.05, 0) is 29.5 Å². The van der Waals surface area contributed by atoms with E-state index < -0.39 is 11.7 Å². The van der Waals surface area contributed by atoms with Crippen molar-refractivity contribution >= 4 is 40.7 Å². The molecule has 0 spiro atoms. The van der Waals surface area contributed by atoms with E-state index in [2.05, 4.69) is 22.6 Å². The summed E-state index contributed by atoms with van der Waals surface area (Å²) in [6, 6.07) is 10.2. The van der Waals surface area contributed by atoms with Gasteiger partial charge in [-0.15, -0.1) is 0 Å². The fourth-order valence-electron chi connectivity index (χ4n) is 3.99. The van der Waals surface area contributed by atoms with Gasteiger partial charge in [0.15, 0.2) is 5.65 Å². The Morgan fingerprint density at radius 3 is 2.66 bits per heavy atom. The van der Waals surface area contributed by atoms with Gasteiger partial charge in [-0.2, -0.15) is 25.8 Å². The van der Waals surface area contributed by atoms with Crippen LogP contribution >= 0.6 is 24.4 Å². The second-order valence-corrected chi connectivity index (χ2v) is 8.96. The van der Waals surface area contributed by atoms with Crippen LogP contribution in [0.1, 0.15) is 22.2 Å². The number of fused-ring (bicyclic) bond motifs is 2. The number of benzene rings is 1. The number of thiol groups is 1. The lowest BCUT2D eigenvalue weighted by atomic mass is 10.1. The fourth-order valence-corrected chi connectivity index (χ4v) is 5.01. The van der Waals surface area contributed by atoms with E-state index in [0.717, 1.165) is 18.0 Å². The molecule has 0 bridgehead atoms. The molecular weight excluding hydrogens is 457 g/mol. The number of carbonyl (C=O) groups is 1. The highest BCUT2D eigenvalue weighted by Crippen LogP contribution is 2.51. The molecule has 2 aromatic heterocycles. The Bertz CT molecular complexity index is 1280. The number of pyridine rings is 1. The number of carbonyl (C=O) groups excluding carboxylic acids is 1. The zero-order valence-electron chi connectivity index (χ0n) is 16.7. The number of aryl methyl sites for hydroxylation is 1. The molecule has 0 N–H and O–H groups in total. The Balaban J connectivity index is 1.44. The summed E-state index contributed by atoms with van der Waals surface area (Å²) in [6.45, 7) is 0. The highest BCUT2D eigenvalue weighted by atomic mass is 32.2. The van der Waals surface area contributed by atoms with E-state index in [-0.39, 0.29) is 23.0 Å². The Morgan fingerprint density at radius 1 is 1.22 bits per heavy atom. The standard InChI is InChI=1S/C22H17F3N4OS2/c1-28-19-16(8-15(9-26-19)32-21(30)12-5-3-2-4-6-12)27-20(28)18-17-13(11-31)7-14(10-29(17)18)22(23,24)25/h2-10,17-18,31H,11H2,1H3/t17-,18?,29?/m0/s1. The third-order valence-electron chi connectivity index (χ3n) is 5.57. The fraction of sp³-hybridized carbons (Fsp3) is 0.227. The van der Waals surface area contributed by atoms with Gasteiger partial charge in [-0.25, -0.2) is 9.97 Å². The number of thioether (sulfide) groups is 1. The van der Waals surface area contributed by atoms with Crippen molar-refractivity contribution in [3.8, 4) is 0 Å². The van der Waals surface area contributed by atoms with Gasteiger partial charge < -0.3 is 9.47 Å². The van der Waals surface area contributed by atoms with Crippen LogP contribution in [-0.4, -0.2) is 42.5 Å². The van der Waals surface area contributed by atoms with Crippen LogP contribution in [-0.2, 0) is 7.05 Å². The molecule has 0 aliphatic carbocycles. The van der Waals surface area contributed by atoms with Gasteiger partial charge in [0.2, 0.25) is 5.12 Å². The molecular formula is C22H17F3N4OS2. The van der Waals surface area contributed by atoms with Crippen molar-refractivity contribution in [1.82, 2.24) is 19.4 Å². The molecule has 0 saturated carbocycles. The predicted molar refractivity (Wildman–Crippen MR) is 120 cm³/mol. The molecule has 0 radical (unpaired) electrons. The van der Waals surface area contributed by atoms with Crippen molar-refractivity contribution in [1.29, 1.82) is 0 Å². The molecule has 5 nitrogen and oxygen atoms in total. The van der Waals surface area contributed by atoms with Crippen LogP contribution < -0.4 is 0 Å². The van der Waals surface area contributed by atoms with Crippen LogP contribution in [0.25, 0.3) is 11.2 Å². The topological polar surface area (TPSA) is 50.8 Å². The van der Waals surface area contributed by atoms with Crippen LogP contribution in [0.5, 0.6) is 0 Å². The first-order chi connectivity index (χ1) is 15.3. The lowest BCUT2D eigenvalue weighted by molar-refractivity contribution is -0.0892. The molecule has 5 rings (SSSR count). The molecule has 1 unspecified atom stereocenters. The average Bonchev–Trinajstić information content (AvgIpc) is 3.42. The smallest absolute Gasteiger partial charge is 0.355 e. The Hall–Kier alpha value is -2.72. The summed E-state index contributed by atoms with van der Waals surface area (Å²) in [5.41, 5.74) is 1.72. The molecule has 1 fully saturated rings. The Kier molecular flexibility index (Phi) is 5.09. The van der Waals surface area contributed by atoms with E-state index in [1.807, 2.05) is 6.07 Å². The van der Waals surface area contributed by atoms with E-state index in [1.54, 1.807) is 53.0 Å². The minimum absolute atomic E-state index is 0.101. The van der Waals surface area contributed by atoms with Gasteiger partial charge in [0.25, 0.3) is 0 Å². The number of rotatable bonds is 4. The maximum Gasteiger partial charge on any atom is 0.417 e. The van der Waals surface area contributed by atoms with Gasteiger partial charge in [0.05, 0.1) is 11.6 Å². The van der Waals surface area contributed by atoms with Crippen molar-refractivity contribution in [3.63, 3.8) is 0 Å². The molecule has 0 amide bonds. The van der Waals surface area contributed by atoms with Crippen molar-refractivity contribution < 1.29 is 18.0 Å². The summed E-state index contributed by atoms with van der Waals surface area (Å²) < 4.78 is 41.6. The van der Waals surface area contributed by atoms with Gasteiger partial charge >= 0.3 is 6.18 Å². The molecule has 32 heavy (non-hydrogen) atoms. The quantitative estimate of drug-likeness (QED) is 0.330. The summed E-state index contributed by atoms with van der Waals surface area (Å²) in [4.78, 5) is 23.9. The number of hydrogen-bond acceptors (Lipinski definition) is 6. The molecule has 1 saturated heterocycles. The molecule has 2 aliphatic rings. The third-order valence-corrected chi connectivity index (χ3v) is 6.82. The Labute approximate surface area is 191 Å². The highest BCUT2D eigenvalue weighted by molar-refractivity contribution is 8.14. The maximum atomic E-state index is 13.3. The SMILES string of the molecule is Cn1c(C2[C@@H]3C(CS)=CC(C(F)(F)F)=CN23)nc2cc(SC(=O)c3ccccc3)cnc21. The maximum absolute atomic E-state index is 13.3. The number of imidazole rings is 1. The second-order valence-electron chi connectivity index (χ2n) is 7.59. The van der Waals surface area contributed by atoms with E-state index >= 15 is 0 Å². The number of halogens is 3. The molecule has 164 valence electrons. The second kappa shape index (κ2) is 7.70. The van der Waals surface area contributed by atoms with Crippen molar-refractivity contribution in [2.24, 2.45) is 7.05 Å². The minimum Gasteiger partial charge on any atom is -0.355 e. The predicted octanol–water partition coefficient (Wildman–Crippen LogP) is 4.94. The molecule has 2 aliphatic heterocycles. The molecule has 10 heteroatoms. The first-order valence-corrected chi connectivity index (χ1v) is 11.2. The third kappa shape index (κ3) is 3.61. The number of aromatic nitrogens is 3. The summed E-state index contributed by atoms with van der Waals surface area (Å²) >= 11 is 5.29. The largest absolute Gasteiger partial charge is 0.417 e. The normalized spacial score (nSPS) is 20.1. The van der Waals surface area contributed by atoms with Crippen molar-refractivity contribution in [3.05, 3.63) is 77.4 Å². The molecule has 1 aromatic carbocycles. The number of alkyl halides is 3. The monoisotopic (exact) mass is 474 g/mol. The van der Waals surface area contributed by atoms with Gasteiger partial charge in [-0.3, -0.25) is 4.79 Å². The number of hydrogen-bond donors (Lipinski definition) is 1. The van der Waals surface area contributed by atoms with Crippen LogP contribution in [0.15, 0.2) is 70.9 Å². The first kappa shape index (κ1) is 21.1. The first-order valence-electron chi connectivity index (χ1n) is 9.75. The van der Waals surface area contributed by atoms with Crippen molar-refractivity contribution in [2.75, 3.05) is 5.75 Å². The summed E-state index contributed by atoms with van der Waals surface area (Å²) in [5, 5.41) is -0.101. The van der Waals surface area contributed by atoms with Crippen molar-refractivity contribution in [2.45, 2.75) is 23.2 Å². The van der Waals surface area contributed by atoms with Gasteiger partial charge in [-0.1, -0.05) is 30.3 Å². The van der Waals surface area contributed by atoms with Crippen LogP contribution in [0.2, 0.25) is 0 Å². The van der Waals surface area contributed by atoms with E-state index in [1.165, 1.54) is 6.08 Å². The highest BCUT2D eigenvalue weighted by Gasteiger charge is 2.54. The van der Waals surface area contributed by atoms with Gasteiger partial charge in [0.1, 0.15) is 17.4 Å². The number of allylic oxidation sites excluding steroid dienone is 2. The molecule has 2 atom stereocenters. The van der Waals surface area contributed by atoms with E-state index in [4.69, 9.17) is 0 Å². The summed E-state index contributed by atoms with van der Waals surface area (Å²) in [6.07, 6.45) is -0.480. The van der Waals surface area contributed by atoms with Crippen LogP contribution in [0.4, 0.5) is 13.2 Å². The van der Waals surface area contributed by atoms with Gasteiger partial charge in [0, 0.05) is 35.7 Å². The minimum atomic E-state index is -4.42. The van der Waals surface area contributed by atoms with E-state index in [0.29, 0.717) is 33.0 Å². The lowest BCUT2D eigenvalue weighted by Gasteiger charge is -2.15. The molecule has 4 heterocycles. The van der Waals surface area contributed by atoms with E-state index in [9.17, 15) is 18.0 Å². The summed E-state index contributed by atoms with van der Waals surface area (Å²) in [5.74, 6) is 0.858. The zero-order chi connectivity index (χ0) is 22.6.